The normalized spacial score (nSPS) is 16.0. The Hall–Kier alpha value is -1.71. The maximum atomic E-state index is 11.8. The van der Waals surface area contributed by atoms with Crippen molar-refractivity contribution in [3.63, 3.8) is 0 Å². The lowest BCUT2D eigenvalue weighted by atomic mass is 9.91. The molecule has 18 heavy (non-hydrogen) atoms. The van der Waals surface area contributed by atoms with Gasteiger partial charge in [-0.25, -0.2) is 0 Å². The molecular weight excluding hydrogens is 232 g/mol. The molecule has 1 saturated carbocycles. The molecule has 1 aromatic rings. The first-order chi connectivity index (χ1) is 8.58. The molecule has 1 fully saturated rings. The summed E-state index contributed by atoms with van der Waals surface area (Å²) in [6, 6.07) is 3.74. The number of methoxy groups -OCH3 is 3. The summed E-state index contributed by atoms with van der Waals surface area (Å²) in [7, 11) is 4.72. The fourth-order valence-corrected chi connectivity index (χ4v) is 2.33. The summed E-state index contributed by atoms with van der Waals surface area (Å²) in [5, 5.41) is 0. The van der Waals surface area contributed by atoms with Crippen LogP contribution < -0.4 is 14.2 Å². The number of carbonyl (C=O) groups excluding carboxylic acids is 1. The smallest absolute Gasteiger partial charge is 0.203 e. The number of Topliss-reactive ketones (excluding diaryl/α,β-unsaturated/α-hetero) is 1. The van der Waals surface area contributed by atoms with Gasteiger partial charge in [-0.05, 0) is 37.5 Å². The van der Waals surface area contributed by atoms with E-state index in [0.29, 0.717) is 17.2 Å². The maximum absolute atomic E-state index is 11.8. The number of hydrogen-bond acceptors (Lipinski definition) is 4. The van der Waals surface area contributed by atoms with Crippen molar-refractivity contribution in [3.05, 3.63) is 17.7 Å². The molecule has 1 aliphatic rings. The van der Waals surface area contributed by atoms with Crippen molar-refractivity contribution >= 4 is 5.78 Å². The molecule has 0 N–H and O–H groups in total. The molecule has 0 unspecified atom stereocenters. The lowest BCUT2D eigenvalue weighted by Gasteiger charge is -2.18. The van der Waals surface area contributed by atoms with E-state index < -0.39 is 0 Å². The van der Waals surface area contributed by atoms with Gasteiger partial charge < -0.3 is 14.2 Å². The van der Waals surface area contributed by atoms with Crippen molar-refractivity contribution < 1.29 is 19.0 Å². The van der Waals surface area contributed by atoms with E-state index in [-0.39, 0.29) is 11.2 Å². The second kappa shape index (κ2) is 4.52. The average Bonchev–Trinajstić information content (AvgIpc) is 3.18. The Kier molecular flexibility index (Phi) is 3.20. The highest BCUT2D eigenvalue weighted by atomic mass is 16.5. The number of benzene rings is 1. The Morgan fingerprint density at radius 1 is 1.06 bits per heavy atom. The molecule has 0 saturated heterocycles. The van der Waals surface area contributed by atoms with Gasteiger partial charge in [0.25, 0.3) is 0 Å². The van der Waals surface area contributed by atoms with Crippen molar-refractivity contribution in [2.75, 3.05) is 21.3 Å². The topological polar surface area (TPSA) is 44.8 Å². The Balaban J connectivity index is 2.54. The summed E-state index contributed by atoms with van der Waals surface area (Å²) in [5.74, 6) is 1.94. The molecule has 0 atom stereocenters. The maximum Gasteiger partial charge on any atom is 0.203 e. The zero-order valence-electron chi connectivity index (χ0n) is 11.2. The van der Waals surface area contributed by atoms with Crippen molar-refractivity contribution in [1.29, 1.82) is 0 Å². The Labute approximate surface area is 107 Å². The van der Waals surface area contributed by atoms with Gasteiger partial charge in [-0.1, -0.05) is 0 Å². The third-order valence-corrected chi connectivity index (χ3v) is 3.64. The van der Waals surface area contributed by atoms with Crippen molar-refractivity contribution in [2.45, 2.75) is 25.2 Å². The van der Waals surface area contributed by atoms with Gasteiger partial charge in [0.2, 0.25) is 5.75 Å². The third-order valence-electron chi connectivity index (χ3n) is 3.64. The summed E-state index contributed by atoms with van der Waals surface area (Å²) >= 11 is 0. The van der Waals surface area contributed by atoms with Crippen LogP contribution in [0.4, 0.5) is 0 Å². The second-order valence-electron chi connectivity index (χ2n) is 4.55. The van der Waals surface area contributed by atoms with Crippen LogP contribution >= 0.6 is 0 Å². The highest BCUT2D eigenvalue weighted by Gasteiger charge is 2.49. The van der Waals surface area contributed by atoms with Crippen LogP contribution in [-0.2, 0) is 10.2 Å². The van der Waals surface area contributed by atoms with E-state index in [0.717, 1.165) is 18.4 Å². The van der Waals surface area contributed by atoms with Crippen LogP contribution in [0.3, 0.4) is 0 Å². The molecular formula is C14H18O4. The summed E-state index contributed by atoms with van der Waals surface area (Å²) in [5.41, 5.74) is 0.608. The van der Waals surface area contributed by atoms with Gasteiger partial charge in [-0.15, -0.1) is 0 Å². The van der Waals surface area contributed by atoms with E-state index in [1.807, 2.05) is 12.1 Å². The summed E-state index contributed by atoms with van der Waals surface area (Å²) in [4.78, 5) is 11.8. The lowest BCUT2D eigenvalue weighted by molar-refractivity contribution is -0.119. The van der Waals surface area contributed by atoms with Crippen LogP contribution in [0.2, 0.25) is 0 Å². The molecule has 98 valence electrons. The van der Waals surface area contributed by atoms with E-state index >= 15 is 0 Å². The molecule has 2 rings (SSSR count). The minimum absolute atomic E-state index is 0.191. The van der Waals surface area contributed by atoms with E-state index in [9.17, 15) is 4.79 Å². The number of carbonyl (C=O) groups is 1. The minimum Gasteiger partial charge on any atom is -0.493 e. The molecule has 0 aliphatic heterocycles. The van der Waals surface area contributed by atoms with Crippen LogP contribution in [-0.4, -0.2) is 27.1 Å². The Morgan fingerprint density at radius 2 is 1.56 bits per heavy atom. The first kappa shape index (κ1) is 12.7. The monoisotopic (exact) mass is 250 g/mol. The minimum atomic E-state index is -0.340. The quantitative estimate of drug-likeness (QED) is 0.804. The molecule has 0 heterocycles. The predicted octanol–water partition coefficient (Wildman–Crippen LogP) is 2.33. The first-order valence-electron chi connectivity index (χ1n) is 5.90. The molecule has 0 spiro atoms. The molecule has 0 radical (unpaired) electrons. The molecule has 0 amide bonds. The zero-order chi connectivity index (χ0) is 13.3. The average molecular weight is 250 g/mol. The van der Waals surface area contributed by atoms with Crippen LogP contribution in [0.1, 0.15) is 25.3 Å². The van der Waals surface area contributed by atoms with Gasteiger partial charge in [0.05, 0.1) is 26.7 Å². The van der Waals surface area contributed by atoms with Gasteiger partial charge in [-0.3, -0.25) is 4.79 Å². The SMILES string of the molecule is COc1cc(C2(C(C)=O)CC2)cc(OC)c1OC. The Morgan fingerprint density at radius 3 is 1.83 bits per heavy atom. The Bertz CT molecular complexity index is 450. The number of ether oxygens (including phenoxy) is 3. The van der Waals surface area contributed by atoms with E-state index in [1.165, 1.54) is 0 Å². The fourth-order valence-electron chi connectivity index (χ4n) is 2.33. The van der Waals surface area contributed by atoms with Gasteiger partial charge in [0.1, 0.15) is 5.78 Å². The first-order valence-corrected chi connectivity index (χ1v) is 5.90. The zero-order valence-corrected chi connectivity index (χ0v) is 11.2. The van der Waals surface area contributed by atoms with Gasteiger partial charge in [-0.2, -0.15) is 0 Å². The van der Waals surface area contributed by atoms with E-state index in [1.54, 1.807) is 28.3 Å². The van der Waals surface area contributed by atoms with Gasteiger partial charge in [0.15, 0.2) is 11.5 Å². The molecule has 1 aliphatic carbocycles. The largest absolute Gasteiger partial charge is 0.493 e. The highest BCUT2D eigenvalue weighted by molar-refractivity contribution is 5.91. The predicted molar refractivity (Wildman–Crippen MR) is 67.7 cm³/mol. The molecule has 1 aromatic carbocycles. The van der Waals surface area contributed by atoms with E-state index in [2.05, 4.69) is 0 Å². The van der Waals surface area contributed by atoms with Gasteiger partial charge in [0, 0.05) is 0 Å². The fraction of sp³-hybridized carbons (Fsp3) is 0.500. The van der Waals surface area contributed by atoms with Crippen molar-refractivity contribution in [3.8, 4) is 17.2 Å². The number of ketones is 1. The third kappa shape index (κ3) is 1.82. The van der Waals surface area contributed by atoms with Crippen LogP contribution in [0.25, 0.3) is 0 Å². The summed E-state index contributed by atoms with van der Waals surface area (Å²) < 4.78 is 15.9. The van der Waals surface area contributed by atoms with Crippen LogP contribution in [0.5, 0.6) is 17.2 Å². The van der Waals surface area contributed by atoms with Crippen molar-refractivity contribution in [1.82, 2.24) is 0 Å². The highest BCUT2D eigenvalue weighted by Crippen LogP contribution is 2.52. The number of rotatable bonds is 5. The van der Waals surface area contributed by atoms with Gasteiger partial charge >= 0.3 is 0 Å². The molecule has 4 nitrogen and oxygen atoms in total. The van der Waals surface area contributed by atoms with E-state index in [4.69, 9.17) is 14.2 Å². The van der Waals surface area contributed by atoms with Crippen molar-refractivity contribution in [2.24, 2.45) is 0 Å². The lowest BCUT2D eigenvalue weighted by Crippen LogP contribution is -2.17. The molecule has 4 heteroatoms. The van der Waals surface area contributed by atoms with Crippen LogP contribution in [0.15, 0.2) is 12.1 Å². The molecule has 0 aromatic heterocycles. The summed E-state index contributed by atoms with van der Waals surface area (Å²) in [6.45, 7) is 1.64. The molecule has 0 bridgehead atoms. The summed E-state index contributed by atoms with van der Waals surface area (Å²) in [6.07, 6.45) is 1.78. The second-order valence-corrected chi connectivity index (χ2v) is 4.55. The standard InChI is InChI=1S/C14H18O4/c1-9(15)14(5-6-14)10-7-11(16-2)13(18-4)12(8-10)17-3/h7-8H,5-6H2,1-4H3. The van der Waals surface area contributed by atoms with Crippen LogP contribution in [0, 0.1) is 0 Å². The number of hydrogen-bond donors (Lipinski definition) is 0.